The summed E-state index contributed by atoms with van der Waals surface area (Å²) in [6, 6.07) is 9.10. The number of amides is 1. The van der Waals surface area contributed by atoms with E-state index in [1.807, 2.05) is 18.2 Å². The molecule has 2 heterocycles. The van der Waals surface area contributed by atoms with Gasteiger partial charge >= 0.3 is 0 Å². The molecule has 0 radical (unpaired) electrons. The zero-order chi connectivity index (χ0) is 16.2. The normalized spacial score (nSPS) is 20.4. The van der Waals surface area contributed by atoms with E-state index in [1.54, 1.807) is 29.4 Å². The maximum Gasteiger partial charge on any atom is 0.256 e. The molecule has 0 spiro atoms. The average molecular weight is 314 g/mol. The molecule has 0 bridgehead atoms. The van der Waals surface area contributed by atoms with Crippen molar-refractivity contribution < 1.29 is 9.90 Å². The van der Waals surface area contributed by atoms with E-state index in [0.29, 0.717) is 18.7 Å². The smallest absolute Gasteiger partial charge is 0.256 e. The van der Waals surface area contributed by atoms with Gasteiger partial charge in [0.1, 0.15) is 5.82 Å². The summed E-state index contributed by atoms with van der Waals surface area (Å²) in [5, 5.41) is 10.4. The van der Waals surface area contributed by atoms with E-state index in [9.17, 15) is 9.90 Å². The second-order valence-corrected chi connectivity index (χ2v) is 5.72. The van der Waals surface area contributed by atoms with Crippen molar-refractivity contribution in [3.05, 3.63) is 54.1 Å². The Kier molecular flexibility index (Phi) is 4.73. The molecule has 2 atom stereocenters. The first kappa shape index (κ1) is 15.7. The largest absolute Gasteiger partial charge is 0.378 e. The van der Waals surface area contributed by atoms with Gasteiger partial charge in [-0.05, 0) is 12.1 Å². The Morgan fingerprint density at radius 1 is 1.39 bits per heavy atom. The van der Waals surface area contributed by atoms with Crippen LogP contribution in [-0.4, -0.2) is 57.0 Å². The Balaban J connectivity index is 1.74. The minimum atomic E-state index is -1.11. The van der Waals surface area contributed by atoms with Crippen LogP contribution in [0.1, 0.15) is 30.5 Å². The molecule has 23 heavy (non-hydrogen) atoms. The van der Waals surface area contributed by atoms with Gasteiger partial charge in [-0.1, -0.05) is 37.3 Å². The molecule has 6 heteroatoms. The Morgan fingerprint density at radius 2 is 2.17 bits per heavy atom. The maximum absolute atomic E-state index is 12.6. The van der Waals surface area contributed by atoms with Crippen LogP contribution in [0.4, 0.5) is 0 Å². The molecule has 1 fully saturated rings. The molecule has 1 aliphatic rings. The summed E-state index contributed by atoms with van der Waals surface area (Å²) in [6.07, 6.45) is 2.41. The lowest BCUT2D eigenvalue weighted by Crippen LogP contribution is -2.51. The van der Waals surface area contributed by atoms with Gasteiger partial charge in [0, 0.05) is 32.0 Å². The van der Waals surface area contributed by atoms with E-state index in [4.69, 9.17) is 0 Å². The summed E-state index contributed by atoms with van der Waals surface area (Å²) in [5.41, 5.74) is 0.630. The summed E-state index contributed by atoms with van der Waals surface area (Å²) < 4.78 is 0. The number of rotatable bonds is 4. The zero-order valence-corrected chi connectivity index (χ0v) is 13.2. The van der Waals surface area contributed by atoms with Gasteiger partial charge < -0.3 is 15.0 Å². The molecule has 6 nitrogen and oxygen atoms in total. The van der Waals surface area contributed by atoms with E-state index < -0.39 is 6.10 Å². The molecule has 0 saturated carbocycles. The number of H-pyrrole nitrogens is 1. The molecule has 3 rings (SSSR count). The number of piperazine rings is 1. The maximum atomic E-state index is 12.6. The monoisotopic (exact) mass is 314 g/mol. The van der Waals surface area contributed by atoms with Crippen molar-refractivity contribution in [2.45, 2.75) is 19.1 Å². The van der Waals surface area contributed by atoms with Gasteiger partial charge in [0.2, 0.25) is 0 Å². The third-order valence-electron chi connectivity index (χ3n) is 4.39. The van der Waals surface area contributed by atoms with Crippen molar-refractivity contribution in [2.75, 3.05) is 26.2 Å². The lowest BCUT2D eigenvalue weighted by molar-refractivity contribution is -0.143. The standard InChI is InChI=1S/C17H22N4O2/c1-2-20-10-11-21(12-14(20)16-18-8-9-19-16)17(23)15(22)13-6-4-3-5-7-13/h3-9,14-15,22H,2,10-12H2,1H3,(H,18,19)/t14-,15+/m1/s1. The fraction of sp³-hybridized carbons (Fsp3) is 0.412. The quantitative estimate of drug-likeness (QED) is 0.893. The van der Waals surface area contributed by atoms with Gasteiger partial charge in [0.15, 0.2) is 6.10 Å². The van der Waals surface area contributed by atoms with Crippen LogP contribution in [0.2, 0.25) is 0 Å². The second-order valence-electron chi connectivity index (χ2n) is 5.72. The van der Waals surface area contributed by atoms with E-state index >= 15 is 0 Å². The second kappa shape index (κ2) is 6.93. The fourth-order valence-electron chi connectivity index (χ4n) is 3.07. The molecule has 1 saturated heterocycles. The number of nitrogens with zero attached hydrogens (tertiary/aromatic N) is 3. The predicted molar refractivity (Wildman–Crippen MR) is 86.6 cm³/mol. The Labute approximate surface area is 135 Å². The molecule has 1 amide bonds. The Morgan fingerprint density at radius 3 is 2.83 bits per heavy atom. The topological polar surface area (TPSA) is 72.5 Å². The zero-order valence-electron chi connectivity index (χ0n) is 13.2. The molecule has 2 aromatic rings. The van der Waals surface area contributed by atoms with Crippen molar-refractivity contribution in [2.24, 2.45) is 0 Å². The molecule has 1 aromatic heterocycles. The first-order valence-corrected chi connectivity index (χ1v) is 7.95. The number of aliphatic hydroxyl groups excluding tert-OH is 1. The predicted octanol–water partition coefficient (Wildman–Crippen LogP) is 1.35. The highest BCUT2D eigenvalue weighted by atomic mass is 16.3. The Bertz CT molecular complexity index is 629. The van der Waals surface area contributed by atoms with Crippen molar-refractivity contribution in [3.63, 3.8) is 0 Å². The van der Waals surface area contributed by atoms with Crippen LogP contribution in [-0.2, 0) is 4.79 Å². The van der Waals surface area contributed by atoms with Crippen LogP contribution in [0.3, 0.4) is 0 Å². The summed E-state index contributed by atoms with van der Waals surface area (Å²) in [6.45, 7) is 4.92. The number of benzene rings is 1. The van der Waals surface area contributed by atoms with Gasteiger partial charge in [0.25, 0.3) is 5.91 Å². The minimum absolute atomic E-state index is 0.0377. The van der Waals surface area contributed by atoms with Gasteiger partial charge in [-0.25, -0.2) is 4.98 Å². The molecule has 122 valence electrons. The highest BCUT2D eigenvalue weighted by Crippen LogP contribution is 2.25. The molecular formula is C17H22N4O2. The SMILES string of the molecule is CCN1CCN(C(=O)[C@@H](O)c2ccccc2)C[C@@H]1c1ncc[nH]1. The van der Waals surface area contributed by atoms with Crippen LogP contribution in [0.5, 0.6) is 0 Å². The highest BCUT2D eigenvalue weighted by molar-refractivity contribution is 5.82. The van der Waals surface area contributed by atoms with Crippen LogP contribution in [0, 0.1) is 0 Å². The van der Waals surface area contributed by atoms with Gasteiger partial charge in [0.05, 0.1) is 6.04 Å². The first-order chi connectivity index (χ1) is 11.2. The summed E-state index contributed by atoms with van der Waals surface area (Å²) in [7, 11) is 0. The van der Waals surface area contributed by atoms with Crippen LogP contribution in [0.25, 0.3) is 0 Å². The van der Waals surface area contributed by atoms with Gasteiger partial charge in [-0.2, -0.15) is 0 Å². The van der Waals surface area contributed by atoms with Crippen molar-refractivity contribution in [3.8, 4) is 0 Å². The van der Waals surface area contributed by atoms with Crippen LogP contribution < -0.4 is 0 Å². The third kappa shape index (κ3) is 3.28. The van der Waals surface area contributed by atoms with Crippen molar-refractivity contribution in [1.29, 1.82) is 0 Å². The van der Waals surface area contributed by atoms with Gasteiger partial charge in [-0.15, -0.1) is 0 Å². The number of aromatic nitrogens is 2. The summed E-state index contributed by atoms with van der Waals surface area (Å²) >= 11 is 0. The highest BCUT2D eigenvalue weighted by Gasteiger charge is 2.33. The Hall–Kier alpha value is -2.18. The number of hydrogen-bond donors (Lipinski definition) is 2. The number of aliphatic hydroxyl groups is 1. The number of likely N-dealkylation sites (N-methyl/N-ethyl adjacent to an activating group) is 1. The van der Waals surface area contributed by atoms with Crippen LogP contribution >= 0.6 is 0 Å². The van der Waals surface area contributed by atoms with Crippen LogP contribution in [0.15, 0.2) is 42.7 Å². The average Bonchev–Trinajstić information content (AvgIpc) is 3.15. The minimum Gasteiger partial charge on any atom is -0.378 e. The van der Waals surface area contributed by atoms with E-state index in [1.165, 1.54) is 0 Å². The lowest BCUT2D eigenvalue weighted by atomic mass is 10.1. The molecule has 0 aliphatic carbocycles. The first-order valence-electron chi connectivity index (χ1n) is 7.95. The summed E-state index contributed by atoms with van der Waals surface area (Å²) in [5.74, 6) is 0.613. The van der Waals surface area contributed by atoms with Crippen molar-refractivity contribution in [1.82, 2.24) is 19.8 Å². The number of carbonyl (C=O) groups is 1. The molecule has 0 unspecified atom stereocenters. The summed E-state index contributed by atoms with van der Waals surface area (Å²) in [4.78, 5) is 24.1. The van der Waals surface area contributed by atoms with E-state index in [2.05, 4.69) is 21.8 Å². The molecule has 1 aromatic carbocycles. The van der Waals surface area contributed by atoms with Crippen molar-refractivity contribution >= 4 is 5.91 Å². The molecule has 1 aliphatic heterocycles. The number of imidazole rings is 1. The third-order valence-corrected chi connectivity index (χ3v) is 4.39. The molecular weight excluding hydrogens is 292 g/mol. The molecule has 2 N–H and O–H groups in total. The van der Waals surface area contributed by atoms with E-state index in [-0.39, 0.29) is 11.9 Å². The lowest BCUT2D eigenvalue weighted by Gasteiger charge is -2.40. The number of nitrogens with one attached hydrogen (secondary N) is 1. The van der Waals surface area contributed by atoms with E-state index in [0.717, 1.165) is 18.9 Å². The number of carbonyl (C=O) groups excluding carboxylic acids is 1. The number of hydrogen-bond acceptors (Lipinski definition) is 4. The fourth-order valence-corrected chi connectivity index (χ4v) is 3.07. The number of aromatic amines is 1. The van der Waals surface area contributed by atoms with Gasteiger partial charge in [-0.3, -0.25) is 9.69 Å².